The molecule has 0 spiro atoms. The van der Waals surface area contributed by atoms with E-state index in [0.29, 0.717) is 6.54 Å². The van der Waals surface area contributed by atoms with Crippen molar-refractivity contribution in [1.29, 1.82) is 0 Å². The van der Waals surface area contributed by atoms with Gasteiger partial charge >= 0.3 is 0 Å². The number of quaternary nitrogens is 1. The van der Waals surface area contributed by atoms with E-state index in [0.717, 1.165) is 23.8 Å². The Labute approximate surface area is 126 Å². The van der Waals surface area contributed by atoms with Gasteiger partial charge in [0.15, 0.2) is 6.54 Å². The molecule has 2 rings (SSSR count). The Morgan fingerprint density at radius 3 is 2.50 bits per heavy atom. The molecule has 1 saturated heterocycles. The minimum Gasteiger partial charge on any atom is -0.545 e. The first-order valence-corrected chi connectivity index (χ1v) is 7.30. The van der Waals surface area contributed by atoms with Crippen LogP contribution in [0, 0.1) is 20.2 Å². The van der Waals surface area contributed by atoms with Crippen LogP contribution in [0.4, 0.5) is 0 Å². The summed E-state index contributed by atoms with van der Waals surface area (Å²) < 4.78 is 0. The highest BCUT2D eigenvalue weighted by Gasteiger charge is 2.66. The van der Waals surface area contributed by atoms with Gasteiger partial charge in [-0.3, -0.25) is 20.2 Å². The number of hydrogen-bond donors (Lipinski definition) is 1. The third kappa shape index (κ3) is 2.68. The first kappa shape index (κ1) is 16.3. The summed E-state index contributed by atoms with van der Waals surface area (Å²) >= 11 is 0. The summed E-state index contributed by atoms with van der Waals surface area (Å²) in [4.78, 5) is 33.9. The predicted octanol–water partition coefficient (Wildman–Crippen LogP) is -1.81. The first-order valence-electron chi connectivity index (χ1n) is 7.30. The van der Waals surface area contributed by atoms with Crippen molar-refractivity contribution in [2.45, 2.75) is 43.7 Å². The molecular formula is C13H19N3O6. The predicted molar refractivity (Wildman–Crippen MR) is 72.2 cm³/mol. The molecule has 9 heteroatoms. The van der Waals surface area contributed by atoms with Gasteiger partial charge in [-0.1, -0.05) is 13.3 Å². The summed E-state index contributed by atoms with van der Waals surface area (Å²) in [6.07, 6.45) is 2.21. The van der Waals surface area contributed by atoms with Gasteiger partial charge < -0.3 is 14.8 Å². The fourth-order valence-electron chi connectivity index (χ4n) is 3.72. The van der Waals surface area contributed by atoms with Crippen LogP contribution in [-0.2, 0) is 4.79 Å². The second kappa shape index (κ2) is 5.64. The Morgan fingerprint density at radius 2 is 2.00 bits per heavy atom. The van der Waals surface area contributed by atoms with Crippen LogP contribution >= 0.6 is 0 Å². The molecule has 2 aliphatic rings. The van der Waals surface area contributed by atoms with Crippen molar-refractivity contribution in [1.82, 2.24) is 0 Å². The molecule has 3 atom stereocenters. The molecule has 0 radical (unpaired) electrons. The molecular weight excluding hydrogens is 294 g/mol. The summed E-state index contributed by atoms with van der Waals surface area (Å²) in [6, 6.07) is 0. The maximum Gasteiger partial charge on any atom is 0.295 e. The summed E-state index contributed by atoms with van der Waals surface area (Å²) in [5.74, 6) is -1.56. The number of carbonyl (C=O) groups excluding carboxylic acids is 1. The number of nitrogens with one attached hydrogen (secondary N) is 1. The Kier molecular flexibility index (Phi) is 4.19. The van der Waals surface area contributed by atoms with Crippen molar-refractivity contribution in [2.24, 2.45) is 0 Å². The van der Waals surface area contributed by atoms with Crippen LogP contribution in [-0.4, -0.2) is 46.5 Å². The molecule has 2 bridgehead atoms. The number of nitro groups is 2. The molecule has 0 aromatic rings. The van der Waals surface area contributed by atoms with Gasteiger partial charge in [0, 0.05) is 15.9 Å². The van der Waals surface area contributed by atoms with E-state index in [1.54, 1.807) is 0 Å². The number of likely N-dealkylation sites (tertiary alicyclic amines) is 1. The highest BCUT2D eigenvalue weighted by molar-refractivity contribution is 5.85. The summed E-state index contributed by atoms with van der Waals surface area (Å²) in [6.45, 7) is 2.77. The molecule has 9 nitrogen and oxygen atoms in total. The number of nitrogens with zero attached hydrogens (tertiary/aromatic N) is 2. The number of aliphatic carboxylic acids is 1. The molecule has 3 unspecified atom stereocenters. The number of rotatable bonds is 6. The maximum atomic E-state index is 11.6. The van der Waals surface area contributed by atoms with Crippen LogP contribution < -0.4 is 10.0 Å². The normalized spacial score (nSPS) is 33.9. The van der Waals surface area contributed by atoms with Crippen LogP contribution in [0.15, 0.2) is 11.6 Å². The number of unbranched alkanes of at least 4 members (excludes halogenated alkanes) is 1. The zero-order valence-electron chi connectivity index (χ0n) is 12.4. The van der Waals surface area contributed by atoms with Crippen molar-refractivity contribution in [2.75, 3.05) is 19.6 Å². The number of piperidine rings is 1. The van der Waals surface area contributed by atoms with Crippen molar-refractivity contribution in [3.05, 3.63) is 31.9 Å². The molecule has 0 saturated carbocycles. The van der Waals surface area contributed by atoms with E-state index in [1.807, 2.05) is 6.92 Å². The highest BCUT2D eigenvalue weighted by atomic mass is 16.6. The van der Waals surface area contributed by atoms with Crippen LogP contribution in [0.25, 0.3) is 0 Å². The molecule has 122 valence electrons. The minimum absolute atomic E-state index is 0.0758. The molecule has 0 amide bonds. The number of fused-ring (bicyclic) bond motifs is 2. The van der Waals surface area contributed by atoms with Crippen molar-refractivity contribution < 1.29 is 24.6 Å². The quantitative estimate of drug-likeness (QED) is 0.454. The molecule has 0 aromatic heterocycles. The lowest BCUT2D eigenvalue weighted by Gasteiger charge is -2.43. The maximum absolute atomic E-state index is 11.6. The van der Waals surface area contributed by atoms with Crippen molar-refractivity contribution in [3.63, 3.8) is 0 Å². The first-order chi connectivity index (χ1) is 10.2. The lowest BCUT2D eigenvalue weighted by Crippen LogP contribution is -3.18. The van der Waals surface area contributed by atoms with E-state index >= 15 is 0 Å². The van der Waals surface area contributed by atoms with Gasteiger partial charge in [-0.25, -0.2) is 0 Å². The van der Waals surface area contributed by atoms with E-state index < -0.39 is 26.9 Å². The molecule has 22 heavy (non-hydrogen) atoms. The molecule has 1 fully saturated rings. The number of carboxylic acids is 1. The van der Waals surface area contributed by atoms with E-state index in [4.69, 9.17) is 0 Å². The summed E-state index contributed by atoms with van der Waals surface area (Å²) in [7, 11) is 0. The monoisotopic (exact) mass is 313 g/mol. The second-order valence-corrected chi connectivity index (χ2v) is 6.36. The Balaban J connectivity index is 2.47. The zero-order valence-corrected chi connectivity index (χ0v) is 12.4. The topological polar surface area (TPSA) is 131 Å². The van der Waals surface area contributed by atoms with Gasteiger partial charge in [0.25, 0.3) is 11.1 Å². The van der Waals surface area contributed by atoms with Crippen molar-refractivity contribution in [3.8, 4) is 0 Å². The van der Waals surface area contributed by atoms with Gasteiger partial charge in [0.1, 0.15) is 13.0 Å². The molecule has 1 N–H and O–H groups in total. The van der Waals surface area contributed by atoms with E-state index in [2.05, 4.69) is 0 Å². The van der Waals surface area contributed by atoms with Crippen LogP contribution in [0.5, 0.6) is 0 Å². The third-order valence-electron chi connectivity index (χ3n) is 4.63. The van der Waals surface area contributed by atoms with Gasteiger partial charge in [-0.05, 0) is 12.0 Å². The fraction of sp³-hybridized carbons (Fsp3) is 0.769. The fourth-order valence-corrected chi connectivity index (χ4v) is 3.72. The van der Waals surface area contributed by atoms with Crippen molar-refractivity contribution >= 4 is 5.97 Å². The molecule has 1 aliphatic heterocycles. The smallest absolute Gasteiger partial charge is 0.295 e. The Morgan fingerprint density at radius 1 is 1.32 bits per heavy atom. The lowest BCUT2D eigenvalue weighted by molar-refractivity contribution is -0.943. The molecule has 0 aromatic carbocycles. The average Bonchev–Trinajstić information content (AvgIpc) is 2.43. The van der Waals surface area contributed by atoms with Gasteiger partial charge in [-0.15, -0.1) is 0 Å². The zero-order chi connectivity index (χ0) is 16.5. The second-order valence-electron chi connectivity index (χ2n) is 6.36. The molecule has 1 aliphatic carbocycles. The summed E-state index contributed by atoms with van der Waals surface area (Å²) in [5, 5.41) is 34.3. The number of hydrogen-bond acceptors (Lipinski definition) is 6. The SMILES string of the molecule is CCCC[NH+]1CC2([N+](=O)[O-])C=C(C(=O)[O-])CC([N+](=O)[O-])(C1)C2. The largest absolute Gasteiger partial charge is 0.545 e. The van der Waals surface area contributed by atoms with Gasteiger partial charge in [0.05, 0.1) is 18.9 Å². The van der Waals surface area contributed by atoms with E-state index in [9.17, 15) is 30.1 Å². The van der Waals surface area contributed by atoms with E-state index in [-0.39, 0.29) is 31.5 Å². The minimum atomic E-state index is -1.69. The van der Waals surface area contributed by atoms with Gasteiger partial charge in [0.2, 0.25) is 0 Å². The standard InChI is InChI=1S/C13H19N3O6/c1-2-3-4-14-8-12(15(19)20)5-10(11(17)18)6-13(7-12,9-14)16(21)22/h5H,2-4,6-9H2,1H3,(H,17,18). The number of carbonyl (C=O) groups is 1. The average molecular weight is 313 g/mol. The van der Waals surface area contributed by atoms with Crippen LogP contribution in [0.1, 0.15) is 32.6 Å². The number of carboxylic acid groups (broad SMARTS) is 1. The van der Waals surface area contributed by atoms with E-state index in [1.165, 1.54) is 0 Å². The van der Waals surface area contributed by atoms with Crippen LogP contribution in [0.3, 0.4) is 0 Å². The summed E-state index contributed by atoms with van der Waals surface area (Å²) in [5.41, 5.74) is -3.62. The van der Waals surface area contributed by atoms with Crippen LogP contribution in [0.2, 0.25) is 0 Å². The van der Waals surface area contributed by atoms with Gasteiger partial charge in [-0.2, -0.15) is 0 Å². The highest BCUT2D eigenvalue weighted by Crippen LogP contribution is 2.39. The molecule has 1 heterocycles. The third-order valence-corrected chi connectivity index (χ3v) is 4.63. The Bertz CT molecular complexity index is 548. The lowest BCUT2D eigenvalue weighted by atomic mass is 9.69. The Hall–Kier alpha value is -2.03.